The zero-order valence-corrected chi connectivity index (χ0v) is 9.85. The van der Waals surface area contributed by atoms with Crippen LogP contribution in [0.3, 0.4) is 0 Å². The Balaban J connectivity index is 1.98. The van der Waals surface area contributed by atoms with E-state index in [1.165, 1.54) is 6.07 Å². The molecule has 2 rings (SSSR count). The van der Waals surface area contributed by atoms with Crippen LogP contribution in [0.15, 0.2) is 17.1 Å². The quantitative estimate of drug-likeness (QED) is 0.791. The summed E-state index contributed by atoms with van der Waals surface area (Å²) in [5, 5.41) is 6.01. The summed E-state index contributed by atoms with van der Waals surface area (Å²) in [6.45, 7) is 1.98. The Morgan fingerprint density at radius 1 is 1.53 bits per heavy atom. The third-order valence-corrected chi connectivity index (χ3v) is 2.92. The van der Waals surface area contributed by atoms with E-state index in [-0.39, 0.29) is 18.0 Å². The van der Waals surface area contributed by atoms with Gasteiger partial charge in [-0.1, -0.05) is 0 Å². The first-order valence-corrected chi connectivity index (χ1v) is 5.70. The predicted octanol–water partition coefficient (Wildman–Crippen LogP) is -0.172. The van der Waals surface area contributed by atoms with Crippen molar-refractivity contribution >= 4 is 11.6 Å². The number of hydrogen-bond donors (Lipinski definition) is 1. The van der Waals surface area contributed by atoms with E-state index in [4.69, 9.17) is 0 Å². The lowest BCUT2D eigenvalue weighted by atomic mass is 10.4. The number of aromatic nitrogens is 2. The number of carbonyl (C=O) groups excluding carboxylic acids is 1. The number of rotatable bonds is 3. The molecule has 2 heterocycles. The average Bonchev–Trinajstić information content (AvgIpc) is 2.82. The van der Waals surface area contributed by atoms with Crippen molar-refractivity contribution < 1.29 is 4.79 Å². The van der Waals surface area contributed by atoms with Gasteiger partial charge in [-0.15, -0.1) is 0 Å². The largest absolute Gasteiger partial charge is 0.364 e. The Kier molecular flexibility index (Phi) is 3.41. The first kappa shape index (κ1) is 11.6. The molecule has 0 unspecified atom stereocenters. The lowest BCUT2D eigenvalue weighted by molar-refractivity contribution is -0.128. The number of hydrogen-bond acceptors (Lipinski definition) is 4. The molecule has 1 aliphatic heterocycles. The summed E-state index contributed by atoms with van der Waals surface area (Å²) < 4.78 is 0. The molecule has 0 radical (unpaired) electrons. The van der Waals surface area contributed by atoms with Crippen molar-refractivity contribution in [2.75, 3.05) is 31.6 Å². The molecule has 1 saturated heterocycles. The SMILES string of the molecule is CN(CC(=O)N1CCCC1)c1cn[nH]c(=O)c1. The van der Waals surface area contributed by atoms with Crippen LogP contribution in [0.25, 0.3) is 0 Å². The molecule has 6 heteroatoms. The average molecular weight is 236 g/mol. The zero-order chi connectivity index (χ0) is 12.3. The third-order valence-electron chi connectivity index (χ3n) is 2.92. The third kappa shape index (κ3) is 2.83. The van der Waals surface area contributed by atoms with Gasteiger partial charge in [-0.25, -0.2) is 5.10 Å². The van der Waals surface area contributed by atoms with Gasteiger partial charge in [0.15, 0.2) is 0 Å². The summed E-state index contributed by atoms with van der Waals surface area (Å²) in [4.78, 5) is 26.6. The van der Waals surface area contributed by atoms with E-state index in [0.29, 0.717) is 5.69 Å². The molecule has 6 nitrogen and oxygen atoms in total. The zero-order valence-electron chi connectivity index (χ0n) is 9.85. The molecule has 1 fully saturated rings. The predicted molar refractivity (Wildman–Crippen MR) is 63.9 cm³/mol. The molecular formula is C11H16N4O2. The molecule has 1 aromatic rings. The molecule has 1 amide bonds. The Labute approximate surface area is 99.2 Å². The summed E-state index contributed by atoms with van der Waals surface area (Å²) in [6, 6.07) is 1.43. The van der Waals surface area contributed by atoms with E-state index < -0.39 is 0 Å². The van der Waals surface area contributed by atoms with Crippen LogP contribution in [0.2, 0.25) is 0 Å². The maximum Gasteiger partial charge on any atom is 0.266 e. The number of likely N-dealkylation sites (tertiary alicyclic amines) is 1. The van der Waals surface area contributed by atoms with Gasteiger partial charge in [0.05, 0.1) is 18.4 Å². The Morgan fingerprint density at radius 2 is 2.24 bits per heavy atom. The first-order chi connectivity index (χ1) is 8.16. The van der Waals surface area contributed by atoms with Crippen LogP contribution in [0.5, 0.6) is 0 Å². The number of carbonyl (C=O) groups is 1. The fourth-order valence-corrected chi connectivity index (χ4v) is 1.94. The molecule has 0 aromatic carbocycles. The Hall–Kier alpha value is -1.85. The number of aromatic amines is 1. The molecule has 17 heavy (non-hydrogen) atoms. The van der Waals surface area contributed by atoms with Gasteiger partial charge >= 0.3 is 0 Å². The van der Waals surface area contributed by atoms with Gasteiger partial charge in [-0.3, -0.25) is 9.59 Å². The minimum absolute atomic E-state index is 0.102. The molecule has 0 saturated carbocycles. The van der Waals surface area contributed by atoms with Gasteiger partial charge in [0.2, 0.25) is 5.91 Å². The van der Waals surface area contributed by atoms with E-state index in [9.17, 15) is 9.59 Å². The van der Waals surface area contributed by atoms with Crippen molar-refractivity contribution in [1.82, 2.24) is 15.1 Å². The van der Waals surface area contributed by atoms with Crippen LogP contribution >= 0.6 is 0 Å². The molecule has 92 valence electrons. The van der Waals surface area contributed by atoms with Crippen LogP contribution in [-0.2, 0) is 4.79 Å². The molecule has 1 N–H and O–H groups in total. The second kappa shape index (κ2) is 4.99. The number of nitrogens with zero attached hydrogens (tertiary/aromatic N) is 3. The van der Waals surface area contributed by atoms with Gasteiger partial charge in [-0.05, 0) is 12.8 Å². The number of anilines is 1. The fraction of sp³-hybridized carbons (Fsp3) is 0.545. The standard InChI is InChI=1S/C11H16N4O2/c1-14(9-6-10(16)13-12-7-9)8-11(17)15-4-2-3-5-15/h6-7H,2-5,8H2,1H3,(H,13,16). The summed E-state index contributed by atoms with van der Waals surface area (Å²) in [7, 11) is 1.78. The van der Waals surface area contributed by atoms with Crippen molar-refractivity contribution in [3.05, 3.63) is 22.6 Å². The number of amides is 1. The summed E-state index contributed by atoms with van der Waals surface area (Å²) in [5.41, 5.74) is 0.393. The first-order valence-electron chi connectivity index (χ1n) is 5.70. The van der Waals surface area contributed by atoms with Gasteiger partial charge in [0, 0.05) is 26.2 Å². The second-order valence-corrected chi connectivity index (χ2v) is 4.25. The lowest BCUT2D eigenvalue weighted by Gasteiger charge is -2.22. The van der Waals surface area contributed by atoms with Gasteiger partial charge < -0.3 is 9.80 Å². The molecular weight excluding hydrogens is 220 g/mol. The van der Waals surface area contributed by atoms with Crippen molar-refractivity contribution in [3.8, 4) is 0 Å². The van der Waals surface area contributed by atoms with Crippen LogP contribution in [-0.4, -0.2) is 47.7 Å². The highest BCUT2D eigenvalue weighted by molar-refractivity contribution is 5.81. The minimum Gasteiger partial charge on any atom is -0.364 e. The van der Waals surface area contributed by atoms with Gasteiger partial charge in [0.1, 0.15) is 0 Å². The Bertz CT molecular complexity index is 451. The maximum absolute atomic E-state index is 11.9. The van der Waals surface area contributed by atoms with Crippen LogP contribution in [0.4, 0.5) is 5.69 Å². The van der Waals surface area contributed by atoms with Crippen molar-refractivity contribution in [2.24, 2.45) is 0 Å². The molecule has 1 aliphatic rings. The number of H-pyrrole nitrogens is 1. The van der Waals surface area contributed by atoms with Crippen molar-refractivity contribution in [2.45, 2.75) is 12.8 Å². The van der Waals surface area contributed by atoms with Crippen molar-refractivity contribution in [3.63, 3.8) is 0 Å². The summed E-state index contributed by atoms with van der Waals surface area (Å²) >= 11 is 0. The normalized spacial score (nSPS) is 15.0. The molecule has 0 atom stereocenters. The second-order valence-electron chi connectivity index (χ2n) is 4.25. The summed E-state index contributed by atoms with van der Waals surface area (Å²) in [5.74, 6) is 0.102. The number of nitrogens with one attached hydrogen (secondary N) is 1. The minimum atomic E-state index is -0.261. The fourth-order valence-electron chi connectivity index (χ4n) is 1.94. The van der Waals surface area contributed by atoms with Crippen molar-refractivity contribution in [1.29, 1.82) is 0 Å². The highest BCUT2D eigenvalue weighted by atomic mass is 16.2. The molecule has 0 spiro atoms. The van der Waals surface area contributed by atoms with Crippen LogP contribution < -0.4 is 10.5 Å². The topological polar surface area (TPSA) is 69.3 Å². The maximum atomic E-state index is 11.9. The Morgan fingerprint density at radius 3 is 2.88 bits per heavy atom. The van der Waals surface area contributed by atoms with Crippen LogP contribution in [0, 0.1) is 0 Å². The molecule has 1 aromatic heterocycles. The van der Waals surface area contributed by atoms with E-state index >= 15 is 0 Å². The monoisotopic (exact) mass is 236 g/mol. The molecule has 0 bridgehead atoms. The van der Waals surface area contributed by atoms with E-state index in [2.05, 4.69) is 10.2 Å². The van der Waals surface area contributed by atoms with Gasteiger partial charge in [0.25, 0.3) is 5.56 Å². The highest BCUT2D eigenvalue weighted by Gasteiger charge is 2.19. The van der Waals surface area contributed by atoms with E-state index in [1.807, 2.05) is 4.90 Å². The van der Waals surface area contributed by atoms with Crippen LogP contribution in [0.1, 0.15) is 12.8 Å². The van der Waals surface area contributed by atoms with E-state index in [0.717, 1.165) is 25.9 Å². The number of likely N-dealkylation sites (N-methyl/N-ethyl adjacent to an activating group) is 1. The molecule has 0 aliphatic carbocycles. The van der Waals surface area contributed by atoms with Gasteiger partial charge in [-0.2, -0.15) is 5.10 Å². The smallest absolute Gasteiger partial charge is 0.266 e. The van der Waals surface area contributed by atoms with E-state index in [1.54, 1.807) is 18.1 Å². The summed E-state index contributed by atoms with van der Waals surface area (Å²) in [6.07, 6.45) is 3.71. The highest BCUT2D eigenvalue weighted by Crippen LogP contribution is 2.10. The lowest BCUT2D eigenvalue weighted by Crippen LogP contribution is -2.37.